The Morgan fingerprint density at radius 3 is 2.27 bits per heavy atom. The van der Waals surface area contributed by atoms with Crippen LogP contribution in [0.5, 0.6) is 0 Å². The Balaban J connectivity index is 0.000000205. The molecule has 5 heteroatoms. The van der Waals surface area contributed by atoms with E-state index in [1.165, 1.54) is 35.5 Å². The number of imidazole rings is 1. The van der Waals surface area contributed by atoms with Crippen LogP contribution in [0.2, 0.25) is 0 Å². The summed E-state index contributed by atoms with van der Waals surface area (Å²) in [6, 6.07) is 43.7. The molecule has 0 unspecified atom stereocenters. The number of hydrogen-bond donors (Lipinski definition) is 0. The summed E-state index contributed by atoms with van der Waals surface area (Å²) in [5, 5.41) is 0.980. The maximum absolute atomic E-state index is 7.28. The van der Waals surface area contributed by atoms with E-state index in [0.717, 1.165) is 50.2 Å². The molecule has 4 nitrogen and oxygen atoms in total. The molecule has 3 aromatic heterocycles. The fourth-order valence-corrected chi connectivity index (χ4v) is 5.43. The fraction of sp³-hybridized carbons (Fsp3) is 0.0698. The largest absolute Gasteiger partial charge is 0.557 e. The van der Waals surface area contributed by atoms with Gasteiger partial charge >= 0.3 is 0 Å². The zero-order valence-electron chi connectivity index (χ0n) is 32.0. The van der Waals surface area contributed by atoms with Crippen LogP contribution in [-0.2, 0) is 20.1 Å². The Morgan fingerprint density at radius 2 is 1.56 bits per heavy atom. The van der Waals surface area contributed by atoms with Gasteiger partial charge in [-0.1, -0.05) is 115 Å². The SMILES string of the molecule is C=C(C)c1ccc2o[c-]c(-c3nc4ccccc4n3-c3ccc(-c4ccccc4)cc3)c2c1.[2H]C([2H])([2H])c1c[c-]c(-c2ccc(C([2H])([2H])[2H])cn2)cc1.[Ir]. The summed E-state index contributed by atoms with van der Waals surface area (Å²) in [6.45, 7) is 1.76. The minimum absolute atomic E-state index is 0. The van der Waals surface area contributed by atoms with E-state index < -0.39 is 13.7 Å². The number of furan rings is 1. The molecule has 237 valence electrons. The van der Waals surface area contributed by atoms with Crippen molar-refractivity contribution in [3.8, 4) is 39.5 Å². The first-order valence-electron chi connectivity index (χ1n) is 18.1. The van der Waals surface area contributed by atoms with Crippen LogP contribution in [0.1, 0.15) is 31.8 Å². The third-order valence-electron chi connectivity index (χ3n) is 7.87. The molecule has 0 atom stereocenters. The molecule has 5 aromatic carbocycles. The maximum atomic E-state index is 7.28. The Kier molecular flexibility index (Phi) is 7.60. The van der Waals surface area contributed by atoms with Gasteiger partial charge in [0.15, 0.2) is 0 Å². The van der Waals surface area contributed by atoms with Crippen molar-refractivity contribution in [2.24, 2.45) is 0 Å². The molecule has 0 bridgehead atoms. The van der Waals surface area contributed by atoms with Crippen LogP contribution < -0.4 is 0 Å². The summed E-state index contributed by atoms with van der Waals surface area (Å²) >= 11 is 0. The number of hydrogen-bond acceptors (Lipinski definition) is 3. The molecule has 0 spiro atoms. The molecule has 0 saturated carbocycles. The van der Waals surface area contributed by atoms with Gasteiger partial charge in [0.05, 0.1) is 16.9 Å². The molecule has 0 fully saturated rings. The van der Waals surface area contributed by atoms with Crippen molar-refractivity contribution in [3.63, 3.8) is 0 Å². The van der Waals surface area contributed by atoms with E-state index in [0.29, 0.717) is 11.3 Å². The van der Waals surface area contributed by atoms with E-state index in [1.807, 2.05) is 43.3 Å². The van der Waals surface area contributed by atoms with Crippen LogP contribution in [0, 0.1) is 26.0 Å². The predicted molar refractivity (Wildman–Crippen MR) is 193 cm³/mol. The summed E-state index contributed by atoms with van der Waals surface area (Å²) in [4.78, 5) is 9.06. The third kappa shape index (κ3) is 6.70. The second-order valence-electron chi connectivity index (χ2n) is 11.2. The van der Waals surface area contributed by atoms with Gasteiger partial charge in [0.2, 0.25) is 0 Å². The third-order valence-corrected chi connectivity index (χ3v) is 7.87. The first kappa shape index (κ1) is 25.7. The number of benzene rings is 5. The molecular weight excluding hydrogens is 767 g/mol. The van der Waals surface area contributed by atoms with Crippen LogP contribution in [-0.4, -0.2) is 14.5 Å². The molecule has 0 saturated heterocycles. The van der Waals surface area contributed by atoms with Crippen molar-refractivity contribution in [3.05, 3.63) is 169 Å². The van der Waals surface area contributed by atoms with Crippen molar-refractivity contribution in [2.45, 2.75) is 20.6 Å². The standard InChI is InChI=1S/C30H21N2O.C13H12N.Ir/c1-20(2)23-14-17-29-25(18-23)26(19-33-29)30-31-27-10-6-7-11-28(27)32(30)24-15-12-22(13-16-24)21-8-4-3-5-9-21;1-10-3-6-12(7-4-10)13-8-5-11(2)9-14-13;/h3-18H,1H2,2H3;3-6,8-9H,1-2H3;/q2*-1;/i;1D3,2D3;. The summed E-state index contributed by atoms with van der Waals surface area (Å²) < 4.78 is 51.6. The molecule has 0 aliphatic carbocycles. The predicted octanol–water partition coefficient (Wildman–Crippen LogP) is 11.1. The van der Waals surface area contributed by atoms with Crippen molar-refractivity contribution < 1.29 is 32.7 Å². The summed E-state index contributed by atoms with van der Waals surface area (Å²) in [5.74, 6) is 0.807. The molecule has 8 rings (SSSR count). The molecule has 1 radical (unpaired) electrons. The van der Waals surface area contributed by atoms with Gasteiger partial charge < -0.3 is 14.0 Å². The van der Waals surface area contributed by atoms with Gasteiger partial charge in [0.25, 0.3) is 0 Å². The second kappa shape index (κ2) is 14.2. The molecule has 0 aliphatic rings. The number of aryl methyl sites for hydroxylation is 2. The Labute approximate surface area is 303 Å². The summed E-state index contributed by atoms with van der Waals surface area (Å²) in [6.07, 6.45) is 4.42. The molecule has 0 N–H and O–H groups in total. The van der Waals surface area contributed by atoms with Crippen LogP contribution in [0.3, 0.4) is 0 Å². The van der Waals surface area contributed by atoms with Gasteiger partial charge in [-0.05, 0) is 66.0 Å². The van der Waals surface area contributed by atoms with Crippen molar-refractivity contribution >= 4 is 27.6 Å². The van der Waals surface area contributed by atoms with Gasteiger partial charge in [-0.2, -0.15) is 0 Å². The second-order valence-corrected chi connectivity index (χ2v) is 11.2. The molecule has 48 heavy (non-hydrogen) atoms. The van der Waals surface area contributed by atoms with Gasteiger partial charge in [0.1, 0.15) is 0 Å². The van der Waals surface area contributed by atoms with Crippen LogP contribution in [0.15, 0.2) is 145 Å². The number of aromatic nitrogens is 3. The van der Waals surface area contributed by atoms with Gasteiger partial charge in [-0.25, -0.2) is 0 Å². The topological polar surface area (TPSA) is 43.9 Å². The summed E-state index contributed by atoms with van der Waals surface area (Å²) in [5.41, 5.74) is 10.6. The van der Waals surface area contributed by atoms with E-state index in [9.17, 15) is 0 Å². The number of para-hydroxylation sites is 2. The van der Waals surface area contributed by atoms with Gasteiger partial charge in [-0.3, -0.25) is 4.98 Å². The molecular formula is C43H33IrN3O-2. The van der Waals surface area contributed by atoms with Crippen LogP contribution in [0.25, 0.3) is 67.0 Å². The number of allylic oxidation sites excluding steroid dienone is 1. The Bertz CT molecular complexity index is 2480. The zero-order chi connectivity index (χ0) is 37.3. The first-order chi connectivity index (χ1) is 25.4. The number of pyridine rings is 1. The first-order valence-corrected chi connectivity index (χ1v) is 15.1. The molecule has 8 aromatic rings. The average molecular weight is 806 g/mol. The van der Waals surface area contributed by atoms with Crippen molar-refractivity contribution in [1.82, 2.24) is 14.5 Å². The Hall–Kier alpha value is -5.35. The molecule has 3 heterocycles. The number of nitrogens with zero attached hydrogens (tertiary/aromatic N) is 3. The van der Waals surface area contributed by atoms with E-state index in [1.54, 1.807) is 12.1 Å². The monoisotopic (exact) mass is 806 g/mol. The van der Waals surface area contributed by atoms with Crippen molar-refractivity contribution in [2.75, 3.05) is 0 Å². The summed E-state index contributed by atoms with van der Waals surface area (Å²) in [7, 11) is 0. The zero-order valence-corrected chi connectivity index (χ0v) is 28.4. The maximum Gasteiger partial charge on any atom is 0.0774 e. The van der Waals surface area contributed by atoms with Crippen molar-refractivity contribution in [1.29, 1.82) is 0 Å². The number of rotatable bonds is 5. The van der Waals surface area contributed by atoms with E-state index in [2.05, 4.69) is 89.1 Å². The van der Waals surface area contributed by atoms with E-state index in [-0.39, 0.29) is 31.2 Å². The smallest absolute Gasteiger partial charge is 0.0774 e. The average Bonchev–Trinajstić information content (AvgIpc) is 3.76. The van der Waals surface area contributed by atoms with E-state index in [4.69, 9.17) is 17.6 Å². The number of fused-ring (bicyclic) bond motifs is 2. The molecule has 0 aliphatic heterocycles. The minimum atomic E-state index is -2.18. The van der Waals surface area contributed by atoms with Crippen LogP contribution in [0.4, 0.5) is 0 Å². The Morgan fingerprint density at radius 1 is 0.812 bits per heavy atom. The van der Waals surface area contributed by atoms with E-state index >= 15 is 0 Å². The van der Waals surface area contributed by atoms with Gasteiger partial charge in [0, 0.05) is 52.1 Å². The molecule has 0 amide bonds. The normalized spacial score (nSPS) is 13.1. The van der Waals surface area contributed by atoms with Gasteiger partial charge in [-0.15, -0.1) is 35.4 Å². The minimum Gasteiger partial charge on any atom is -0.557 e. The van der Waals surface area contributed by atoms with Crippen LogP contribution >= 0.6 is 0 Å². The quantitative estimate of drug-likeness (QED) is 0.163. The fourth-order valence-electron chi connectivity index (χ4n) is 5.43.